The van der Waals surface area contributed by atoms with Gasteiger partial charge in [-0.3, -0.25) is 0 Å². The van der Waals surface area contributed by atoms with Gasteiger partial charge in [0.1, 0.15) is 6.61 Å². The summed E-state index contributed by atoms with van der Waals surface area (Å²) in [4.78, 5) is 11.9. The predicted octanol–water partition coefficient (Wildman–Crippen LogP) is 5.47. The molecule has 6 nitrogen and oxygen atoms in total. The maximum atomic E-state index is 11.9. The number of urea groups is 1. The standard InChI is InChI=1S/C23H22ClN3O3/c1-2-29-22-14-17(15-25-27-23(28)26-19-9-4-3-5-10-19)12-13-21(22)30-16-18-8-6-7-11-20(18)24/h3-15H,2,16H2,1H3,(H2,26,27,28)/b25-15+. The predicted molar refractivity (Wildman–Crippen MR) is 120 cm³/mol. The second kappa shape index (κ2) is 10.9. The van der Waals surface area contributed by atoms with Crippen molar-refractivity contribution in [2.24, 2.45) is 5.10 Å². The van der Waals surface area contributed by atoms with Crippen molar-refractivity contribution in [1.82, 2.24) is 5.43 Å². The fraction of sp³-hybridized carbons (Fsp3) is 0.130. The molecule has 0 radical (unpaired) electrons. The molecule has 0 heterocycles. The topological polar surface area (TPSA) is 72.0 Å². The minimum absolute atomic E-state index is 0.328. The highest BCUT2D eigenvalue weighted by Gasteiger charge is 2.08. The third-order valence-corrected chi connectivity index (χ3v) is 4.39. The highest BCUT2D eigenvalue weighted by molar-refractivity contribution is 6.31. The lowest BCUT2D eigenvalue weighted by atomic mass is 10.2. The molecular formula is C23H22ClN3O3. The molecule has 0 aliphatic heterocycles. The van der Waals surface area contributed by atoms with Crippen molar-refractivity contribution in [3.8, 4) is 11.5 Å². The van der Waals surface area contributed by atoms with Crippen LogP contribution in [0.5, 0.6) is 11.5 Å². The lowest BCUT2D eigenvalue weighted by Crippen LogP contribution is -2.24. The SMILES string of the molecule is CCOc1cc(/C=N/NC(=O)Nc2ccccc2)ccc1OCc1ccccc1Cl. The summed E-state index contributed by atoms with van der Waals surface area (Å²) in [6, 6.07) is 21.6. The summed E-state index contributed by atoms with van der Waals surface area (Å²) in [6.07, 6.45) is 1.53. The Bertz CT molecular complexity index is 1010. The first-order valence-corrected chi connectivity index (χ1v) is 9.81. The molecule has 7 heteroatoms. The summed E-state index contributed by atoms with van der Waals surface area (Å²) in [5.41, 5.74) is 4.76. The van der Waals surface area contributed by atoms with Gasteiger partial charge in [-0.05, 0) is 48.9 Å². The van der Waals surface area contributed by atoms with E-state index >= 15 is 0 Å². The van der Waals surface area contributed by atoms with Crippen molar-refractivity contribution in [3.05, 3.63) is 88.9 Å². The Balaban J connectivity index is 1.61. The largest absolute Gasteiger partial charge is 0.490 e. The molecule has 0 spiro atoms. The molecule has 3 aromatic carbocycles. The Labute approximate surface area is 180 Å². The number of carbonyl (C=O) groups excluding carboxylic acids is 1. The number of nitrogens with one attached hydrogen (secondary N) is 2. The van der Waals surface area contributed by atoms with Crippen LogP contribution in [0, 0.1) is 0 Å². The smallest absolute Gasteiger partial charge is 0.339 e. The van der Waals surface area contributed by atoms with Crippen molar-refractivity contribution in [3.63, 3.8) is 0 Å². The van der Waals surface area contributed by atoms with Crippen LogP contribution in [0.25, 0.3) is 0 Å². The van der Waals surface area contributed by atoms with Gasteiger partial charge in [0.25, 0.3) is 0 Å². The lowest BCUT2D eigenvalue weighted by Gasteiger charge is -2.13. The van der Waals surface area contributed by atoms with Crippen LogP contribution < -0.4 is 20.2 Å². The van der Waals surface area contributed by atoms with Crippen LogP contribution in [-0.4, -0.2) is 18.9 Å². The molecular weight excluding hydrogens is 402 g/mol. The maximum absolute atomic E-state index is 11.9. The van der Waals surface area contributed by atoms with Gasteiger partial charge in [0.05, 0.1) is 12.8 Å². The fourth-order valence-corrected chi connectivity index (χ4v) is 2.80. The third kappa shape index (κ3) is 6.25. The van der Waals surface area contributed by atoms with Crippen LogP contribution in [0.15, 0.2) is 77.9 Å². The third-order valence-electron chi connectivity index (χ3n) is 4.02. The van der Waals surface area contributed by atoms with Crippen LogP contribution in [0.4, 0.5) is 10.5 Å². The Kier molecular flexibility index (Phi) is 7.69. The quantitative estimate of drug-likeness (QED) is 0.372. The van der Waals surface area contributed by atoms with Gasteiger partial charge in [-0.15, -0.1) is 0 Å². The monoisotopic (exact) mass is 423 g/mol. The van der Waals surface area contributed by atoms with Crippen molar-refractivity contribution in [2.75, 3.05) is 11.9 Å². The van der Waals surface area contributed by atoms with Crippen molar-refractivity contribution in [2.45, 2.75) is 13.5 Å². The van der Waals surface area contributed by atoms with Gasteiger partial charge >= 0.3 is 6.03 Å². The first kappa shape index (κ1) is 21.2. The molecule has 0 aliphatic rings. The van der Waals surface area contributed by atoms with E-state index in [1.807, 2.05) is 55.5 Å². The molecule has 3 rings (SSSR count). The Morgan fingerprint density at radius 1 is 1.00 bits per heavy atom. The van der Waals surface area contributed by atoms with Crippen LogP contribution in [0.3, 0.4) is 0 Å². The first-order valence-electron chi connectivity index (χ1n) is 9.44. The summed E-state index contributed by atoms with van der Waals surface area (Å²) in [5, 5.41) is 7.31. The van der Waals surface area contributed by atoms with Gasteiger partial charge in [-0.25, -0.2) is 10.2 Å². The highest BCUT2D eigenvalue weighted by Crippen LogP contribution is 2.29. The van der Waals surface area contributed by atoms with Crippen molar-refractivity contribution >= 4 is 29.5 Å². The molecule has 2 amide bonds. The molecule has 3 aromatic rings. The van der Waals surface area contributed by atoms with E-state index in [1.54, 1.807) is 24.3 Å². The highest BCUT2D eigenvalue weighted by atomic mass is 35.5. The Hall–Kier alpha value is -3.51. The lowest BCUT2D eigenvalue weighted by molar-refractivity contribution is 0.252. The normalized spacial score (nSPS) is 10.6. The van der Waals surface area contributed by atoms with Crippen LogP contribution >= 0.6 is 11.6 Å². The van der Waals surface area contributed by atoms with Crippen LogP contribution in [-0.2, 0) is 6.61 Å². The maximum Gasteiger partial charge on any atom is 0.339 e. The number of hydrogen-bond acceptors (Lipinski definition) is 4. The average Bonchev–Trinajstić information content (AvgIpc) is 2.75. The average molecular weight is 424 g/mol. The van der Waals surface area contributed by atoms with Gasteiger partial charge < -0.3 is 14.8 Å². The summed E-state index contributed by atoms with van der Waals surface area (Å²) >= 11 is 6.18. The molecule has 0 fully saturated rings. The molecule has 0 aliphatic carbocycles. The van der Waals surface area contributed by atoms with Gasteiger partial charge in [0.15, 0.2) is 11.5 Å². The zero-order valence-corrected chi connectivity index (χ0v) is 17.2. The van der Waals surface area contributed by atoms with Crippen molar-refractivity contribution < 1.29 is 14.3 Å². The fourth-order valence-electron chi connectivity index (χ4n) is 2.61. The summed E-state index contributed by atoms with van der Waals surface area (Å²) in [5.74, 6) is 1.19. The number of amides is 2. The molecule has 0 bridgehead atoms. The molecule has 0 saturated heterocycles. The van der Waals surface area contributed by atoms with E-state index < -0.39 is 6.03 Å². The molecule has 0 aromatic heterocycles. The Morgan fingerprint density at radius 3 is 2.53 bits per heavy atom. The number of halogens is 1. The van der Waals surface area contributed by atoms with E-state index in [2.05, 4.69) is 15.8 Å². The van der Waals surface area contributed by atoms with Gasteiger partial charge in [0.2, 0.25) is 0 Å². The number of para-hydroxylation sites is 1. The Morgan fingerprint density at radius 2 is 1.77 bits per heavy atom. The van der Waals surface area contributed by atoms with E-state index in [0.29, 0.717) is 35.4 Å². The number of rotatable bonds is 8. The number of anilines is 1. The number of benzene rings is 3. The van der Waals surface area contributed by atoms with E-state index in [4.69, 9.17) is 21.1 Å². The molecule has 0 atom stereocenters. The molecule has 0 saturated carbocycles. The molecule has 2 N–H and O–H groups in total. The zero-order valence-electron chi connectivity index (χ0n) is 16.5. The number of hydrazone groups is 1. The first-order chi connectivity index (χ1) is 14.7. The van der Waals surface area contributed by atoms with E-state index in [9.17, 15) is 4.79 Å². The second-order valence-electron chi connectivity index (χ2n) is 6.21. The summed E-state index contributed by atoms with van der Waals surface area (Å²) in [7, 11) is 0. The minimum Gasteiger partial charge on any atom is -0.490 e. The molecule has 154 valence electrons. The van der Waals surface area contributed by atoms with E-state index in [0.717, 1.165) is 11.1 Å². The zero-order chi connectivity index (χ0) is 21.2. The van der Waals surface area contributed by atoms with Gasteiger partial charge in [0, 0.05) is 16.3 Å². The minimum atomic E-state index is -0.429. The van der Waals surface area contributed by atoms with Crippen LogP contribution in [0.1, 0.15) is 18.1 Å². The van der Waals surface area contributed by atoms with E-state index in [-0.39, 0.29) is 0 Å². The number of nitrogens with zero attached hydrogens (tertiary/aromatic N) is 1. The summed E-state index contributed by atoms with van der Waals surface area (Å²) < 4.78 is 11.6. The number of ether oxygens (including phenoxy) is 2. The molecule has 0 unspecified atom stereocenters. The van der Waals surface area contributed by atoms with E-state index in [1.165, 1.54) is 6.21 Å². The van der Waals surface area contributed by atoms with Crippen LogP contribution in [0.2, 0.25) is 5.02 Å². The molecule has 30 heavy (non-hydrogen) atoms. The van der Waals surface area contributed by atoms with Gasteiger partial charge in [-0.1, -0.05) is 48.0 Å². The second-order valence-corrected chi connectivity index (χ2v) is 6.62. The van der Waals surface area contributed by atoms with Gasteiger partial charge in [-0.2, -0.15) is 5.10 Å². The van der Waals surface area contributed by atoms with Crippen molar-refractivity contribution in [1.29, 1.82) is 0 Å². The summed E-state index contributed by atoms with van der Waals surface area (Å²) in [6.45, 7) is 2.71. The number of carbonyl (C=O) groups is 1. The number of hydrogen-bond donors (Lipinski definition) is 2.